The van der Waals surface area contributed by atoms with Crippen LogP contribution in [0.3, 0.4) is 0 Å². The SMILES string of the molecule is Cc1cc(OCC(=O)NC(C)C(C)C)c(C(C)C)cc1N. The average molecular weight is 292 g/mol. The Morgan fingerprint density at radius 1 is 1.24 bits per heavy atom. The van der Waals surface area contributed by atoms with E-state index in [2.05, 4.69) is 33.0 Å². The molecule has 0 aliphatic rings. The van der Waals surface area contributed by atoms with Crippen LogP contribution in [-0.2, 0) is 4.79 Å². The van der Waals surface area contributed by atoms with Gasteiger partial charge in [-0.15, -0.1) is 0 Å². The zero-order valence-electron chi connectivity index (χ0n) is 14.0. The first kappa shape index (κ1) is 17.3. The van der Waals surface area contributed by atoms with Gasteiger partial charge in [0.15, 0.2) is 6.61 Å². The van der Waals surface area contributed by atoms with Crippen LogP contribution >= 0.6 is 0 Å². The van der Waals surface area contributed by atoms with E-state index >= 15 is 0 Å². The summed E-state index contributed by atoms with van der Waals surface area (Å²) in [5.41, 5.74) is 8.69. The van der Waals surface area contributed by atoms with Crippen molar-refractivity contribution in [2.24, 2.45) is 5.92 Å². The summed E-state index contributed by atoms with van der Waals surface area (Å²) in [5, 5.41) is 2.94. The highest BCUT2D eigenvalue weighted by molar-refractivity contribution is 5.78. The Bertz CT molecular complexity index is 496. The van der Waals surface area contributed by atoms with Crippen LogP contribution in [0.4, 0.5) is 5.69 Å². The number of carbonyl (C=O) groups excluding carboxylic acids is 1. The second-order valence-electron chi connectivity index (χ2n) is 6.29. The number of carbonyl (C=O) groups is 1. The molecular formula is C17H28N2O2. The van der Waals surface area contributed by atoms with Crippen molar-refractivity contribution in [2.75, 3.05) is 12.3 Å². The number of hydrogen-bond acceptors (Lipinski definition) is 3. The molecule has 0 radical (unpaired) electrons. The molecule has 1 unspecified atom stereocenters. The second kappa shape index (κ2) is 7.34. The van der Waals surface area contributed by atoms with E-state index < -0.39 is 0 Å². The maximum absolute atomic E-state index is 11.9. The number of benzene rings is 1. The van der Waals surface area contributed by atoms with E-state index in [0.717, 1.165) is 22.6 Å². The molecule has 1 aromatic rings. The first-order valence-corrected chi connectivity index (χ1v) is 7.54. The lowest BCUT2D eigenvalue weighted by Crippen LogP contribution is -2.39. The van der Waals surface area contributed by atoms with Gasteiger partial charge < -0.3 is 15.8 Å². The van der Waals surface area contributed by atoms with Crippen molar-refractivity contribution in [2.45, 2.75) is 53.5 Å². The number of hydrogen-bond donors (Lipinski definition) is 2. The zero-order chi connectivity index (χ0) is 16.2. The molecule has 118 valence electrons. The summed E-state index contributed by atoms with van der Waals surface area (Å²) in [6.45, 7) is 12.3. The van der Waals surface area contributed by atoms with Crippen molar-refractivity contribution in [3.63, 3.8) is 0 Å². The summed E-state index contributed by atoms with van der Waals surface area (Å²) >= 11 is 0. The molecule has 1 atom stereocenters. The van der Waals surface area contributed by atoms with Gasteiger partial charge in [0.2, 0.25) is 0 Å². The minimum absolute atomic E-state index is 0.0279. The molecule has 0 fully saturated rings. The largest absolute Gasteiger partial charge is 0.483 e. The van der Waals surface area contributed by atoms with Crippen molar-refractivity contribution >= 4 is 11.6 Å². The van der Waals surface area contributed by atoms with E-state index in [0.29, 0.717) is 11.8 Å². The van der Waals surface area contributed by atoms with Crippen LogP contribution < -0.4 is 15.8 Å². The number of anilines is 1. The monoisotopic (exact) mass is 292 g/mol. The van der Waals surface area contributed by atoms with Gasteiger partial charge in [-0.2, -0.15) is 0 Å². The van der Waals surface area contributed by atoms with Gasteiger partial charge in [0.1, 0.15) is 5.75 Å². The van der Waals surface area contributed by atoms with Crippen molar-refractivity contribution in [1.29, 1.82) is 0 Å². The normalized spacial score (nSPS) is 12.6. The topological polar surface area (TPSA) is 64.3 Å². The van der Waals surface area contributed by atoms with Crippen LogP contribution in [0.25, 0.3) is 0 Å². The van der Waals surface area contributed by atoms with Crippen LogP contribution in [0.15, 0.2) is 12.1 Å². The molecule has 0 aromatic heterocycles. The van der Waals surface area contributed by atoms with Gasteiger partial charge in [0.05, 0.1) is 0 Å². The van der Waals surface area contributed by atoms with E-state index in [9.17, 15) is 4.79 Å². The molecule has 0 saturated heterocycles. The number of amides is 1. The second-order valence-corrected chi connectivity index (χ2v) is 6.29. The molecule has 4 nitrogen and oxygen atoms in total. The van der Waals surface area contributed by atoms with E-state index in [4.69, 9.17) is 10.5 Å². The summed E-state index contributed by atoms with van der Waals surface area (Å²) < 4.78 is 5.71. The fraction of sp³-hybridized carbons (Fsp3) is 0.588. The molecular weight excluding hydrogens is 264 g/mol. The molecule has 1 rings (SSSR count). The first-order chi connectivity index (χ1) is 9.72. The van der Waals surface area contributed by atoms with Crippen molar-refractivity contribution < 1.29 is 9.53 Å². The van der Waals surface area contributed by atoms with Gasteiger partial charge in [0, 0.05) is 11.7 Å². The zero-order valence-corrected chi connectivity index (χ0v) is 14.0. The lowest BCUT2D eigenvalue weighted by molar-refractivity contribution is -0.124. The van der Waals surface area contributed by atoms with Gasteiger partial charge in [-0.05, 0) is 48.9 Å². The number of nitrogen functional groups attached to an aromatic ring is 1. The van der Waals surface area contributed by atoms with Crippen molar-refractivity contribution in [1.82, 2.24) is 5.32 Å². The Morgan fingerprint density at radius 2 is 1.86 bits per heavy atom. The van der Waals surface area contributed by atoms with Crippen LogP contribution in [0.5, 0.6) is 5.75 Å². The summed E-state index contributed by atoms with van der Waals surface area (Å²) in [5.74, 6) is 1.34. The fourth-order valence-corrected chi connectivity index (χ4v) is 1.90. The molecule has 3 N–H and O–H groups in total. The van der Waals surface area contributed by atoms with Crippen LogP contribution in [0.2, 0.25) is 0 Å². The van der Waals surface area contributed by atoms with E-state index in [-0.39, 0.29) is 18.6 Å². The predicted molar refractivity (Wildman–Crippen MR) is 87.6 cm³/mol. The molecule has 0 heterocycles. The molecule has 1 aromatic carbocycles. The van der Waals surface area contributed by atoms with Gasteiger partial charge in [-0.3, -0.25) is 4.79 Å². The van der Waals surface area contributed by atoms with Gasteiger partial charge in [-0.1, -0.05) is 27.7 Å². The van der Waals surface area contributed by atoms with Gasteiger partial charge in [-0.25, -0.2) is 0 Å². The number of rotatable bonds is 6. The van der Waals surface area contributed by atoms with Crippen molar-refractivity contribution in [3.05, 3.63) is 23.3 Å². The third-order valence-corrected chi connectivity index (χ3v) is 3.77. The number of nitrogens with two attached hydrogens (primary N) is 1. The highest BCUT2D eigenvalue weighted by Crippen LogP contribution is 2.30. The standard InChI is InChI=1S/C17H28N2O2/c1-10(2)13(6)19-17(20)9-21-16-7-12(5)15(18)8-14(16)11(3)4/h7-8,10-11,13H,9,18H2,1-6H3,(H,19,20). The van der Waals surface area contributed by atoms with Crippen molar-refractivity contribution in [3.8, 4) is 5.75 Å². The Morgan fingerprint density at radius 3 is 2.38 bits per heavy atom. The summed E-state index contributed by atoms with van der Waals surface area (Å²) in [4.78, 5) is 11.9. The lowest BCUT2D eigenvalue weighted by atomic mass is 9.99. The summed E-state index contributed by atoms with van der Waals surface area (Å²) in [7, 11) is 0. The molecule has 21 heavy (non-hydrogen) atoms. The smallest absolute Gasteiger partial charge is 0.258 e. The number of aryl methyl sites for hydroxylation is 1. The maximum Gasteiger partial charge on any atom is 0.258 e. The summed E-state index contributed by atoms with van der Waals surface area (Å²) in [6, 6.07) is 3.98. The Labute approximate surface area is 128 Å². The van der Waals surface area contributed by atoms with Crippen LogP contribution in [0, 0.1) is 12.8 Å². The number of ether oxygens (including phenoxy) is 1. The van der Waals surface area contributed by atoms with E-state index in [1.54, 1.807) is 0 Å². The third-order valence-electron chi connectivity index (χ3n) is 3.77. The Balaban J connectivity index is 2.75. The van der Waals surface area contributed by atoms with Crippen LogP contribution in [-0.4, -0.2) is 18.6 Å². The first-order valence-electron chi connectivity index (χ1n) is 7.54. The highest BCUT2D eigenvalue weighted by Gasteiger charge is 2.14. The quantitative estimate of drug-likeness (QED) is 0.791. The predicted octanol–water partition coefficient (Wildman–Crippen LogP) is 3.24. The van der Waals surface area contributed by atoms with Gasteiger partial charge >= 0.3 is 0 Å². The van der Waals surface area contributed by atoms with Gasteiger partial charge in [0.25, 0.3) is 5.91 Å². The lowest BCUT2D eigenvalue weighted by Gasteiger charge is -2.19. The number of nitrogens with one attached hydrogen (secondary N) is 1. The molecule has 0 bridgehead atoms. The Hall–Kier alpha value is -1.71. The third kappa shape index (κ3) is 4.96. The maximum atomic E-state index is 11.9. The fourth-order valence-electron chi connectivity index (χ4n) is 1.90. The molecule has 4 heteroatoms. The van der Waals surface area contributed by atoms with E-state index in [1.165, 1.54) is 0 Å². The molecule has 0 aliphatic carbocycles. The molecule has 0 spiro atoms. The molecule has 0 saturated carbocycles. The highest BCUT2D eigenvalue weighted by atomic mass is 16.5. The molecule has 0 aliphatic heterocycles. The van der Waals surface area contributed by atoms with Crippen LogP contribution in [0.1, 0.15) is 51.7 Å². The molecule has 1 amide bonds. The minimum atomic E-state index is -0.0969. The summed E-state index contributed by atoms with van der Waals surface area (Å²) in [6.07, 6.45) is 0. The average Bonchev–Trinajstić information content (AvgIpc) is 2.39. The Kier molecular flexibility index (Phi) is 6.06. The minimum Gasteiger partial charge on any atom is -0.483 e. The van der Waals surface area contributed by atoms with E-state index in [1.807, 2.05) is 26.0 Å².